The van der Waals surface area contributed by atoms with E-state index in [9.17, 15) is 23.3 Å². The highest BCUT2D eigenvalue weighted by Gasteiger charge is 2.30. The Morgan fingerprint density at radius 3 is 2.41 bits per heavy atom. The molecule has 8 nitrogen and oxygen atoms in total. The van der Waals surface area contributed by atoms with Crippen molar-refractivity contribution in [1.29, 1.82) is 0 Å². The van der Waals surface area contributed by atoms with Gasteiger partial charge in [0.1, 0.15) is 5.56 Å². The van der Waals surface area contributed by atoms with Gasteiger partial charge in [0.25, 0.3) is 11.6 Å². The van der Waals surface area contributed by atoms with Gasteiger partial charge >= 0.3 is 0 Å². The second-order valence-corrected chi connectivity index (χ2v) is 9.04. The van der Waals surface area contributed by atoms with Crippen molar-refractivity contribution >= 4 is 21.6 Å². The van der Waals surface area contributed by atoms with E-state index in [1.54, 1.807) is 49.4 Å². The smallest absolute Gasteiger partial charge is 0.285 e. The van der Waals surface area contributed by atoms with Gasteiger partial charge in [0.15, 0.2) is 0 Å². The molecule has 0 aliphatic carbocycles. The van der Waals surface area contributed by atoms with Gasteiger partial charge in [-0.05, 0) is 43.9 Å². The number of amides is 1. The number of hydrogen-bond donors (Lipinski definition) is 1. The SMILES string of the molecule is Cc1cccc(C(=O)NCC2CCN(S(=O)(=O)c3ccccc3)CC2)c1[N+](=O)[O-]. The normalized spacial score (nSPS) is 15.8. The first-order valence-corrected chi connectivity index (χ1v) is 10.8. The first-order valence-electron chi connectivity index (χ1n) is 9.38. The lowest BCUT2D eigenvalue weighted by Crippen LogP contribution is -2.41. The van der Waals surface area contributed by atoms with E-state index in [1.165, 1.54) is 10.4 Å². The molecule has 1 aliphatic heterocycles. The van der Waals surface area contributed by atoms with Gasteiger partial charge in [0.2, 0.25) is 10.0 Å². The molecule has 1 heterocycles. The Kier molecular flexibility index (Phi) is 6.29. The molecule has 0 unspecified atom stereocenters. The Hall–Kier alpha value is -2.78. The minimum Gasteiger partial charge on any atom is -0.352 e. The Labute approximate surface area is 169 Å². The first-order chi connectivity index (χ1) is 13.8. The van der Waals surface area contributed by atoms with E-state index in [-0.39, 0.29) is 22.1 Å². The summed E-state index contributed by atoms with van der Waals surface area (Å²) in [5, 5.41) is 14.0. The molecule has 1 aliphatic rings. The minimum atomic E-state index is -3.51. The van der Waals surface area contributed by atoms with Gasteiger partial charge in [-0.2, -0.15) is 4.31 Å². The highest BCUT2D eigenvalue weighted by atomic mass is 32.2. The van der Waals surface area contributed by atoms with Gasteiger partial charge in [0, 0.05) is 25.2 Å². The topological polar surface area (TPSA) is 110 Å². The highest BCUT2D eigenvalue weighted by Crippen LogP contribution is 2.25. The van der Waals surface area contributed by atoms with Crippen molar-refractivity contribution in [3.05, 3.63) is 69.8 Å². The van der Waals surface area contributed by atoms with Gasteiger partial charge < -0.3 is 5.32 Å². The lowest BCUT2D eigenvalue weighted by Gasteiger charge is -2.31. The van der Waals surface area contributed by atoms with Crippen LogP contribution in [0.5, 0.6) is 0 Å². The van der Waals surface area contributed by atoms with Crippen LogP contribution in [-0.4, -0.2) is 43.2 Å². The number of nitrogens with zero attached hydrogens (tertiary/aromatic N) is 2. The number of piperidine rings is 1. The molecule has 2 aromatic carbocycles. The summed E-state index contributed by atoms with van der Waals surface area (Å²) in [5.41, 5.74) is 0.287. The summed E-state index contributed by atoms with van der Waals surface area (Å²) in [6.45, 7) is 2.70. The predicted octanol–water partition coefficient (Wildman–Crippen LogP) is 2.73. The minimum absolute atomic E-state index is 0.0408. The maximum Gasteiger partial charge on any atom is 0.285 e. The average Bonchev–Trinajstić information content (AvgIpc) is 2.72. The van der Waals surface area contributed by atoms with E-state index in [0.717, 1.165) is 0 Å². The summed E-state index contributed by atoms with van der Waals surface area (Å²) in [5.74, 6) is -0.371. The molecule has 1 saturated heterocycles. The van der Waals surface area contributed by atoms with Crippen LogP contribution >= 0.6 is 0 Å². The van der Waals surface area contributed by atoms with Crippen LogP contribution in [0.4, 0.5) is 5.69 Å². The summed E-state index contributed by atoms with van der Waals surface area (Å²) < 4.78 is 26.8. The number of nitrogens with one attached hydrogen (secondary N) is 1. The molecular weight excluding hydrogens is 394 g/mol. The monoisotopic (exact) mass is 417 g/mol. The Morgan fingerprint density at radius 2 is 1.79 bits per heavy atom. The molecule has 0 radical (unpaired) electrons. The Bertz CT molecular complexity index is 1000. The van der Waals surface area contributed by atoms with E-state index in [4.69, 9.17) is 0 Å². The number of nitro groups is 1. The van der Waals surface area contributed by atoms with Crippen LogP contribution < -0.4 is 5.32 Å². The van der Waals surface area contributed by atoms with Crippen LogP contribution in [-0.2, 0) is 10.0 Å². The van der Waals surface area contributed by atoms with Crippen LogP contribution in [0.15, 0.2) is 53.4 Å². The van der Waals surface area contributed by atoms with Gasteiger partial charge in [-0.1, -0.05) is 30.3 Å². The second-order valence-electron chi connectivity index (χ2n) is 7.10. The summed E-state index contributed by atoms with van der Waals surface area (Å²) in [6, 6.07) is 13.0. The largest absolute Gasteiger partial charge is 0.352 e. The summed E-state index contributed by atoms with van der Waals surface area (Å²) in [7, 11) is -3.51. The van der Waals surface area contributed by atoms with Crippen molar-refractivity contribution in [3.63, 3.8) is 0 Å². The highest BCUT2D eigenvalue weighted by molar-refractivity contribution is 7.89. The number of sulfonamides is 1. The van der Waals surface area contributed by atoms with Gasteiger partial charge in [-0.15, -0.1) is 0 Å². The maximum atomic E-state index is 12.7. The van der Waals surface area contributed by atoms with E-state index in [0.29, 0.717) is 38.0 Å². The van der Waals surface area contributed by atoms with Crippen molar-refractivity contribution in [1.82, 2.24) is 9.62 Å². The molecule has 0 aromatic heterocycles. The molecule has 0 atom stereocenters. The number of rotatable bonds is 6. The lowest BCUT2D eigenvalue weighted by atomic mass is 9.98. The number of carbonyl (C=O) groups excluding carboxylic acids is 1. The maximum absolute atomic E-state index is 12.7. The van der Waals surface area contributed by atoms with Crippen LogP contribution in [0.2, 0.25) is 0 Å². The molecule has 29 heavy (non-hydrogen) atoms. The summed E-state index contributed by atoms with van der Waals surface area (Å²) >= 11 is 0. The predicted molar refractivity (Wildman–Crippen MR) is 108 cm³/mol. The molecule has 1 N–H and O–H groups in total. The molecule has 0 spiro atoms. The number of nitro benzene ring substituents is 1. The lowest BCUT2D eigenvalue weighted by molar-refractivity contribution is -0.385. The zero-order valence-corrected chi connectivity index (χ0v) is 16.9. The number of aryl methyl sites for hydroxylation is 1. The third-order valence-corrected chi connectivity index (χ3v) is 7.08. The first kappa shape index (κ1) is 20.9. The fourth-order valence-electron chi connectivity index (χ4n) is 3.51. The zero-order chi connectivity index (χ0) is 21.0. The van der Waals surface area contributed by atoms with E-state index < -0.39 is 20.9 Å². The molecule has 1 fully saturated rings. The zero-order valence-electron chi connectivity index (χ0n) is 16.1. The summed E-state index contributed by atoms with van der Waals surface area (Å²) in [6.07, 6.45) is 1.23. The number of carbonyl (C=O) groups is 1. The van der Waals surface area contributed by atoms with E-state index in [2.05, 4.69) is 5.32 Å². The van der Waals surface area contributed by atoms with Crippen LogP contribution in [0.1, 0.15) is 28.8 Å². The van der Waals surface area contributed by atoms with Gasteiger partial charge in [-0.3, -0.25) is 14.9 Å². The third-order valence-electron chi connectivity index (χ3n) is 5.17. The van der Waals surface area contributed by atoms with Crippen molar-refractivity contribution in [2.75, 3.05) is 19.6 Å². The van der Waals surface area contributed by atoms with Crippen LogP contribution in [0, 0.1) is 23.0 Å². The van der Waals surface area contributed by atoms with Crippen LogP contribution in [0.25, 0.3) is 0 Å². The van der Waals surface area contributed by atoms with Crippen molar-refractivity contribution in [3.8, 4) is 0 Å². The number of benzene rings is 2. The molecule has 2 aromatic rings. The third kappa shape index (κ3) is 4.63. The summed E-state index contributed by atoms with van der Waals surface area (Å²) in [4.78, 5) is 23.4. The van der Waals surface area contributed by atoms with Crippen LogP contribution in [0.3, 0.4) is 0 Å². The van der Waals surface area contributed by atoms with Crippen molar-refractivity contribution in [2.24, 2.45) is 5.92 Å². The van der Waals surface area contributed by atoms with Gasteiger partial charge in [0.05, 0.1) is 9.82 Å². The van der Waals surface area contributed by atoms with Gasteiger partial charge in [-0.25, -0.2) is 8.42 Å². The van der Waals surface area contributed by atoms with Crippen molar-refractivity contribution in [2.45, 2.75) is 24.7 Å². The fraction of sp³-hybridized carbons (Fsp3) is 0.350. The quantitative estimate of drug-likeness (QED) is 0.574. The number of hydrogen-bond acceptors (Lipinski definition) is 5. The Morgan fingerprint density at radius 1 is 1.14 bits per heavy atom. The molecule has 1 amide bonds. The average molecular weight is 417 g/mol. The molecule has 0 bridgehead atoms. The van der Waals surface area contributed by atoms with E-state index >= 15 is 0 Å². The molecular formula is C20H23N3O5S. The number of para-hydroxylation sites is 1. The molecule has 0 saturated carbocycles. The van der Waals surface area contributed by atoms with E-state index in [1.807, 2.05) is 0 Å². The molecule has 9 heteroatoms. The fourth-order valence-corrected chi connectivity index (χ4v) is 5.00. The standard InChI is InChI=1S/C20H23N3O5S/c1-15-6-5-9-18(19(15)23(25)26)20(24)21-14-16-10-12-22(13-11-16)29(27,28)17-7-3-2-4-8-17/h2-9,16H,10-14H2,1H3,(H,21,24). The molecule has 154 valence electrons. The molecule has 3 rings (SSSR count). The van der Waals surface area contributed by atoms with Crippen molar-refractivity contribution < 1.29 is 18.1 Å². The Balaban J connectivity index is 1.58. The second kappa shape index (κ2) is 8.71.